The molecule has 1 aromatic carbocycles. The summed E-state index contributed by atoms with van der Waals surface area (Å²) in [6.07, 6.45) is 2.31. The van der Waals surface area contributed by atoms with Gasteiger partial charge in [-0.05, 0) is 51.9 Å². The summed E-state index contributed by atoms with van der Waals surface area (Å²) in [6.45, 7) is 4.97. The van der Waals surface area contributed by atoms with Gasteiger partial charge in [0.25, 0.3) is 0 Å². The van der Waals surface area contributed by atoms with Crippen LogP contribution in [-0.4, -0.2) is 31.6 Å². The first-order valence-corrected chi connectivity index (χ1v) is 6.94. The van der Waals surface area contributed by atoms with E-state index in [2.05, 4.69) is 10.2 Å². The molecule has 0 aliphatic carbocycles. The minimum atomic E-state index is -0.764. The van der Waals surface area contributed by atoms with Gasteiger partial charge in [-0.1, -0.05) is 12.1 Å². The van der Waals surface area contributed by atoms with Crippen molar-refractivity contribution in [3.8, 4) is 0 Å². The monoisotopic (exact) mass is 268 g/mol. The van der Waals surface area contributed by atoms with Gasteiger partial charge in [0, 0.05) is 18.2 Å². The molecule has 1 heterocycles. The predicted octanol–water partition coefficient (Wildman–Crippen LogP) is 2.96. The zero-order valence-electron chi connectivity index (χ0n) is 11.6. The molecular weight excluding hydrogens is 246 g/mol. The van der Waals surface area contributed by atoms with Crippen molar-refractivity contribution in [2.45, 2.75) is 25.8 Å². The number of hydrogen-bond acceptors (Lipinski definition) is 2. The highest BCUT2D eigenvalue weighted by molar-refractivity contribution is 5.22. The summed E-state index contributed by atoms with van der Waals surface area (Å²) in [5.41, 5.74) is 0.441. The number of halogens is 2. The van der Waals surface area contributed by atoms with Crippen LogP contribution < -0.4 is 5.32 Å². The maximum absolute atomic E-state index is 13.8. The molecule has 1 atom stereocenters. The standard InChI is InChI=1S/C15H22F2N2/c1-11(13-4-3-5-14(16)15(13)17)19(2)10-12-6-8-18-9-7-12/h3-5,11-12,18H,6-10H2,1-2H3. The van der Waals surface area contributed by atoms with Crippen LogP contribution in [0.15, 0.2) is 18.2 Å². The van der Waals surface area contributed by atoms with E-state index in [9.17, 15) is 8.78 Å². The molecule has 1 aromatic rings. The molecule has 0 saturated carbocycles. The molecule has 2 nitrogen and oxygen atoms in total. The Morgan fingerprint density at radius 1 is 1.32 bits per heavy atom. The van der Waals surface area contributed by atoms with Gasteiger partial charge in [0.1, 0.15) is 0 Å². The van der Waals surface area contributed by atoms with Crippen molar-refractivity contribution in [1.29, 1.82) is 0 Å². The lowest BCUT2D eigenvalue weighted by Gasteiger charge is -2.31. The van der Waals surface area contributed by atoms with Crippen LogP contribution in [0.3, 0.4) is 0 Å². The molecule has 0 bridgehead atoms. The van der Waals surface area contributed by atoms with Gasteiger partial charge in [0.15, 0.2) is 11.6 Å². The highest BCUT2D eigenvalue weighted by Crippen LogP contribution is 2.25. The summed E-state index contributed by atoms with van der Waals surface area (Å²) < 4.78 is 27.0. The Balaban J connectivity index is 2.01. The summed E-state index contributed by atoms with van der Waals surface area (Å²) in [5, 5.41) is 3.34. The average molecular weight is 268 g/mol. The van der Waals surface area contributed by atoms with E-state index < -0.39 is 11.6 Å². The summed E-state index contributed by atoms with van der Waals surface area (Å²) >= 11 is 0. The van der Waals surface area contributed by atoms with Gasteiger partial charge in [-0.25, -0.2) is 8.78 Å². The molecule has 0 radical (unpaired) electrons. The molecule has 19 heavy (non-hydrogen) atoms. The van der Waals surface area contributed by atoms with Crippen molar-refractivity contribution >= 4 is 0 Å². The van der Waals surface area contributed by atoms with Gasteiger partial charge in [-0.3, -0.25) is 4.90 Å². The van der Waals surface area contributed by atoms with Crippen molar-refractivity contribution in [1.82, 2.24) is 10.2 Å². The quantitative estimate of drug-likeness (QED) is 0.903. The number of piperidine rings is 1. The number of rotatable bonds is 4. The fraction of sp³-hybridized carbons (Fsp3) is 0.600. The van der Waals surface area contributed by atoms with Gasteiger partial charge in [-0.15, -0.1) is 0 Å². The lowest BCUT2D eigenvalue weighted by atomic mass is 9.96. The molecule has 0 amide bonds. The maximum atomic E-state index is 13.8. The largest absolute Gasteiger partial charge is 0.317 e. The molecule has 0 aromatic heterocycles. The van der Waals surface area contributed by atoms with E-state index >= 15 is 0 Å². The molecule has 1 fully saturated rings. The highest BCUT2D eigenvalue weighted by atomic mass is 19.2. The van der Waals surface area contributed by atoms with Crippen molar-refractivity contribution in [2.75, 3.05) is 26.7 Å². The second-order valence-corrected chi connectivity index (χ2v) is 5.45. The number of hydrogen-bond donors (Lipinski definition) is 1. The van der Waals surface area contributed by atoms with Crippen molar-refractivity contribution in [2.24, 2.45) is 5.92 Å². The van der Waals surface area contributed by atoms with E-state index in [1.54, 1.807) is 12.1 Å². The Morgan fingerprint density at radius 3 is 2.68 bits per heavy atom. The van der Waals surface area contributed by atoms with E-state index in [0.29, 0.717) is 11.5 Å². The summed E-state index contributed by atoms with van der Waals surface area (Å²) in [7, 11) is 1.98. The SMILES string of the molecule is CC(c1cccc(F)c1F)N(C)CC1CCNCC1. The van der Waals surface area contributed by atoms with Crippen LogP contribution in [-0.2, 0) is 0 Å². The molecule has 1 saturated heterocycles. The van der Waals surface area contributed by atoms with Gasteiger partial charge >= 0.3 is 0 Å². The van der Waals surface area contributed by atoms with Crippen LogP contribution in [0.4, 0.5) is 8.78 Å². The summed E-state index contributed by atoms with van der Waals surface area (Å²) in [5.74, 6) is -0.836. The Labute approximate surface area is 113 Å². The zero-order chi connectivity index (χ0) is 13.8. The third-order valence-electron chi connectivity index (χ3n) is 4.10. The first-order valence-electron chi connectivity index (χ1n) is 6.94. The van der Waals surface area contributed by atoms with Gasteiger partial charge in [0.05, 0.1) is 0 Å². The Kier molecular flexibility index (Phi) is 4.88. The molecule has 1 aliphatic heterocycles. The normalized spacial score (nSPS) is 18.8. The third kappa shape index (κ3) is 3.51. The van der Waals surface area contributed by atoms with Crippen LogP contribution in [0, 0.1) is 17.6 Å². The van der Waals surface area contributed by atoms with Crippen LogP contribution >= 0.6 is 0 Å². The third-order valence-corrected chi connectivity index (χ3v) is 4.10. The van der Waals surface area contributed by atoms with Crippen molar-refractivity contribution < 1.29 is 8.78 Å². The smallest absolute Gasteiger partial charge is 0.163 e. The molecule has 106 valence electrons. The number of benzene rings is 1. The van der Waals surface area contributed by atoms with Gasteiger partial charge in [-0.2, -0.15) is 0 Å². The van der Waals surface area contributed by atoms with E-state index in [4.69, 9.17) is 0 Å². The van der Waals surface area contributed by atoms with Gasteiger partial charge in [0.2, 0.25) is 0 Å². The summed E-state index contributed by atoms with van der Waals surface area (Å²) in [4.78, 5) is 2.12. The lowest BCUT2D eigenvalue weighted by molar-refractivity contribution is 0.193. The number of nitrogens with one attached hydrogen (secondary N) is 1. The second-order valence-electron chi connectivity index (χ2n) is 5.45. The first kappa shape index (κ1) is 14.4. The van der Waals surface area contributed by atoms with E-state index in [1.807, 2.05) is 14.0 Å². The maximum Gasteiger partial charge on any atom is 0.163 e. The van der Waals surface area contributed by atoms with Crippen molar-refractivity contribution in [3.05, 3.63) is 35.4 Å². The molecule has 2 rings (SSSR count). The molecular formula is C15H22F2N2. The van der Waals surface area contributed by atoms with Crippen LogP contribution in [0.5, 0.6) is 0 Å². The fourth-order valence-corrected chi connectivity index (χ4v) is 2.71. The lowest BCUT2D eigenvalue weighted by Crippen LogP contribution is -2.35. The van der Waals surface area contributed by atoms with E-state index in [-0.39, 0.29) is 6.04 Å². The molecule has 1 aliphatic rings. The Hall–Kier alpha value is -1.00. The minimum Gasteiger partial charge on any atom is -0.317 e. The Morgan fingerprint density at radius 2 is 2.00 bits per heavy atom. The minimum absolute atomic E-state index is 0.106. The zero-order valence-corrected chi connectivity index (χ0v) is 11.6. The molecule has 0 spiro atoms. The first-order chi connectivity index (χ1) is 9.09. The Bertz CT molecular complexity index is 417. The molecule has 1 unspecified atom stereocenters. The number of nitrogens with zero attached hydrogens (tertiary/aromatic N) is 1. The van der Waals surface area contributed by atoms with Crippen molar-refractivity contribution in [3.63, 3.8) is 0 Å². The van der Waals surface area contributed by atoms with Gasteiger partial charge < -0.3 is 5.32 Å². The molecule has 4 heteroatoms. The van der Waals surface area contributed by atoms with Crippen LogP contribution in [0.25, 0.3) is 0 Å². The summed E-state index contributed by atoms with van der Waals surface area (Å²) in [6, 6.07) is 4.30. The van der Waals surface area contributed by atoms with E-state index in [0.717, 1.165) is 32.5 Å². The molecule has 1 N–H and O–H groups in total. The second kappa shape index (κ2) is 6.44. The topological polar surface area (TPSA) is 15.3 Å². The fourth-order valence-electron chi connectivity index (χ4n) is 2.71. The van der Waals surface area contributed by atoms with Crippen LogP contribution in [0.1, 0.15) is 31.4 Å². The highest BCUT2D eigenvalue weighted by Gasteiger charge is 2.21. The van der Waals surface area contributed by atoms with Crippen LogP contribution in [0.2, 0.25) is 0 Å². The van der Waals surface area contributed by atoms with E-state index in [1.165, 1.54) is 6.07 Å². The average Bonchev–Trinajstić information content (AvgIpc) is 2.42. The predicted molar refractivity (Wildman–Crippen MR) is 73.0 cm³/mol.